The molecule has 0 aliphatic heterocycles. The van der Waals surface area contributed by atoms with Gasteiger partial charge >= 0.3 is 0 Å². The number of amides is 1. The molecule has 1 aromatic carbocycles. The van der Waals surface area contributed by atoms with Gasteiger partial charge in [0.05, 0.1) is 19.5 Å². The largest absolute Gasteiger partial charge is 0.497 e. The maximum Gasteiger partial charge on any atom is 0.222 e. The van der Waals surface area contributed by atoms with E-state index >= 15 is 0 Å². The molecule has 7 nitrogen and oxygen atoms in total. The number of nitrogens with zero attached hydrogens (tertiary/aromatic N) is 3. The molecule has 24 heavy (non-hydrogen) atoms. The van der Waals surface area contributed by atoms with E-state index in [1.165, 1.54) is 0 Å². The molecule has 0 saturated heterocycles. The van der Waals surface area contributed by atoms with Crippen LogP contribution in [0.1, 0.15) is 12.0 Å². The van der Waals surface area contributed by atoms with Gasteiger partial charge in [0.15, 0.2) is 5.65 Å². The molecule has 124 valence electrons. The summed E-state index contributed by atoms with van der Waals surface area (Å²) < 4.78 is 7.06. The molecule has 0 unspecified atom stereocenters. The second-order valence-electron chi connectivity index (χ2n) is 5.25. The van der Waals surface area contributed by atoms with Crippen molar-refractivity contribution < 1.29 is 9.53 Å². The number of methoxy groups -OCH3 is 1. The van der Waals surface area contributed by atoms with Crippen molar-refractivity contribution in [3.05, 3.63) is 54.6 Å². The fraction of sp³-hybridized carbons (Fsp3) is 0.235. The zero-order chi connectivity index (χ0) is 16.8. The van der Waals surface area contributed by atoms with E-state index in [2.05, 4.69) is 20.6 Å². The molecule has 2 N–H and O–H groups in total. The minimum atomic E-state index is -0.0131. The highest BCUT2D eigenvalue weighted by Crippen LogP contribution is 2.12. The van der Waals surface area contributed by atoms with Crippen molar-refractivity contribution in [1.29, 1.82) is 0 Å². The molecule has 2 heterocycles. The van der Waals surface area contributed by atoms with Crippen molar-refractivity contribution in [2.45, 2.75) is 13.0 Å². The summed E-state index contributed by atoms with van der Waals surface area (Å²) >= 11 is 0. The third-order valence-corrected chi connectivity index (χ3v) is 3.60. The first-order valence-corrected chi connectivity index (χ1v) is 7.67. The molecule has 3 rings (SSSR count). The van der Waals surface area contributed by atoms with E-state index < -0.39 is 0 Å². The zero-order valence-corrected chi connectivity index (χ0v) is 13.4. The van der Waals surface area contributed by atoms with Crippen LogP contribution in [0.2, 0.25) is 0 Å². The van der Waals surface area contributed by atoms with Crippen LogP contribution in [0, 0.1) is 0 Å². The van der Waals surface area contributed by atoms with Gasteiger partial charge in [-0.2, -0.15) is 0 Å². The molecule has 0 saturated carbocycles. The van der Waals surface area contributed by atoms with Gasteiger partial charge in [-0.15, -0.1) is 0 Å². The smallest absolute Gasteiger partial charge is 0.222 e. The Kier molecular flexibility index (Phi) is 4.90. The predicted octanol–water partition coefficient (Wildman–Crippen LogP) is 1.86. The third-order valence-electron chi connectivity index (χ3n) is 3.60. The van der Waals surface area contributed by atoms with Crippen LogP contribution in [0.15, 0.2) is 49.1 Å². The highest BCUT2D eigenvalue weighted by Gasteiger charge is 2.05. The summed E-state index contributed by atoms with van der Waals surface area (Å²) in [6.45, 7) is 1.01. The third kappa shape index (κ3) is 3.81. The summed E-state index contributed by atoms with van der Waals surface area (Å²) in [6, 6.07) is 7.64. The van der Waals surface area contributed by atoms with Crippen molar-refractivity contribution in [3.8, 4) is 5.75 Å². The van der Waals surface area contributed by atoms with Gasteiger partial charge in [0.25, 0.3) is 0 Å². The number of aromatic nitrogens is 3. The maximum absolute atomic E-state index is 11.9. The van der Waals surface area contributed by atoms with Crippen LogP contribution in [0.5, 0.6) is 5.75 Å². The number of anilines is 1. The first-order chi connectivity index (χ1) is 11.8. The Morgan fingerprint density at radius 2 is 2.25 bits per heavy atom. The van der Waals surface area contributed by atoms with Gasteiger partial charge in [-0.3, -0.25) is 14.2 Å². The Bertz CT molecular complexity index is 830. The standard InChI is InChI=1S/C17H19N5O2/c1-24-14-4-2-3-13(9-14)10-21-17(23)5-6-19-16-12-20-15-11-18-7-8-22(15)16/h2-4,7-9,11-12,19H,5-6,10H2,1H3,(H,21,23). The molecular weight excluding hydrogens is 306 g/mol. The maximum atomic E-state index is 11.9. The summed E-state index contributed by atoms with van der Waals surface area (Å²) in [5.74, 6) is 1.61. The number of hydrogen-bond acceptors (Lipinski definition) is 5. The molecule has 0 radical (unpaired) electrons. The van der Waals surface area contributed by atoms with Gasteiger partial charge in [-0.05, 0) is 17.7 Å². The highest BCUT2D eigenvalue weighted by molar-refractivity contribution is 5.76. The monoisotopic (exact) mass is 325 g/mol. The number of nitrogens with one attached hydrogen (secondary N) is 2. The van der Waals surface area contributed by atoms with E-state index in [9.17, 15) is 4.79 Å². The van der Waals surface area contributed by atoms with Crippen LogP contribution < -0.4 is 15.4 Å². The average Bonchev–Trinajstić information content (AvgIpc) is 3.03. The van der Waals surface area contributed by atoms with Crippen molar-refractivity contribution in [2.24, 2.45) is 0 Å². The van der Waals surface area contributed by atoms with E-state index in [0.717, 1.165) is 22.8 Å². The first-order valence-electron chi connectivity index (χ1n) is 7.67. The lowest BCUT2D eigenvalue weighted by molar-refractivity contribution is -0.121. The van der Waals surface area contributed by atoms with Crippen LogP contribution in [0.25, 0.3) is 5.65 Å². The number of rotatable bonds is 7. The Labute approximate surface area is 139 Å². The fourth-order valence-electron chi connectivity index (χ4n) is 2.35. The van der Waals surface area contributed by atoms with Crippen LogP contribution in [0.3, 0.4) is 0 Å². The van der Waals surface area contributed by atoms with Gasteiger partial charge in [-0.25, -0.2) is 4.98 Å². The fourth-order valence-corrected chi connectivity index (χ4v) is 2.35. The average molecular weight is 325 g/mol. The van der Waals surface area contributed by atoms with Gasteiger partial charge in [0.1, 0.15) is 11.6 Å². The molecule has 0 bridgehead atoms. The SMILES string of the molecule is COc1cccc(CNC(=O)CCNc2cnc3cnccn23)c1. The number of fused-ring (bicyclic) bond motifs is 1. The van der Waals surface area contributed by atoms with Crippen LogP contribution in [-0.2, 0) is 11.3 Å². The van der Waals surface area contributed by atoms with Gasteiger partial charge in [0, 0.05) is 31.9 Å². The molecule has 3 aromatic rings. The quantitative estimate of drug-likeness (QED) is 0.693. The predicted molar refractivity (Wildman–Crippen MR) is 90.9 cm³/mol. The molecular formula is C17H19N5O2. The minimum Gasteiger partial charge on any atom is -0.497 e. The normalized spacial score (nSPS) is 10.5. The van der Waals surface area contributed by atoms with E-state index in [1.807, 2.05) is 34.9 Å². The Hall–Kier alpha value is -3.09. The lowest BCUT2D eigenvalue weighted by Crippen LogP contribution is -2.25. The van der Waals surface area contributed by atoms with Crippen molar-refractivity contribution in [2.75, 3.05) is 19.0 Å². The molecule has 0 fully saturated rings. The molecule has 0 aliphatic carbocycles. The second-order valence-corrected chi connectivity index (χ2v) is 5.25. The molecule has 1 amide bonds. The Balaban J connectivity index is 1.45. The van der Waals surface area contributed by atoms with Crippen LogP contribution in [-0.4, -0.2) is 33.9 Å². The molecule has 2 aromatic heterocycles. The van der Waals surface area contributed by atoms with E-state index in [4.69, 9.17) is 4.74 Å². The zero-order valence-electron chi connectivity index (χ0n) is 13.4. The summed E-state index contributed by atoms with van der Waals surface area (Å²) in [6.07, 6.45) is 7.31. The van der Waals surface area contributed by atoms with E-state index in [0.29, 0.717) is 19.5 Å². The van der Waals surface area contributed by atoms with E-state index in [1.54, 1.807) is 25.7 Å². The summed E-state index contributed by atoms with van der Waals surface area (Å²) in [5.41, 5.74) is 1.77. The number of ether oxygens (including phenoxy) is 1. The van der Waals surface area contributed by atoms with Crippen LogP contribution >= 0.6 is 0 Å². The van der Waals surface area contributed by atoms with Gasteiger partial charge in [0.2, 0.25) is 5.91 Å². The molecule has 0 spiro atoms. The highest BCUT2D eigenvalue weighted by atomic mass is 16.5. The van der Waals surface area contributed by atoms with Gasteiger partial charge in [-0.1, -0.05) is 12.1 Å². The molecule has 0 atom stereocenters. The number of hydrogen-bond donors (Lipinski definition) is 2. The molecule has 0 aliphatic rings. The number of carbonyl (C=O) groups excluding carboxylic acids is 1. The number of benzene rings is 1. The summed E-state index contributed by atoms with van der Waals surface area (Å²) in [4.78, 5) is 20.2. The Morgan fingerprint density at radius 3 is 3.12 bits per heavy atom. The van der Waals surface area contributed by atoms with Crippen molar-refractivity contribution in [1.82, 2.24) is 19.7 Å². The topological polar surface area (TPSA) is 80.5 Å². The number of carbonyl (C=O) groups is 1. The summed E-state index contributed by atoms with van der Waals surface area (Å²) in [7, 11) is 1.62. The minimum absolute atomic E-state index is 0.0131. The summed E-state index contributed by atoms with van der Waals surface area (Å²) in [5, 5.41) is 6.11. The van der Waals surface area contributed by atoms with Gasteiger partial charge < -0.3 is 15.4 Å². The lowest BCUT2D eigenvalue weighted by Gasteiger charge is -2.08. The van der Waals surface area contributed by atoms with Crippen molar-refractivity contribution in [3.63, 3.8) is 0 Å². The Morgan fingerprint density at radius 1 is 1.33 bits per heavy atom. The lowest BCUT2D eigenvalue weighted by atomic mass is 10.2. The van der Waals surface area contributed by atoms with Crippen LogP contribution in [0.4, 0.5) is 5.82 Å². The first kappa shape index (κ1) is 15.8. The number of imidazole rings is 1. The molecule has 7 heteroatoms. The van der Waals surface area contributed by atoms with E-state index in [-0.39, 0.29) is 5.91 Å². The second kappa shape index (κ2) is 7.45. The van der Waals surface area contributed by atoms with Crippen molar-refractivity contribution >= 4 is 17.4 Å².